The zero-order valence-corrected chi connectivity index (χ0v) is 12.6. The fourth-order valence-electron chi connectivity index (χ4n) is 1.52. The van der Waals surface area contributed by atoms with Crippen LogP contribution in [0.3, 0.4) is 0 Å². The van der Waals surface area contributed by atoms with Crippen molar-refractivity contribution < 1.29 is 14.0 Å². The third-order valence-electron chi connectivity index (χ3n) is 2.35. The molecule has 100 valence electrons. The Kier molecular flexibility index (Phi) is 4.53. The zero-order valence-electron chi connectivity index (χ0n) is 11.6. The summed E-state index contributed by atoms with van der Waals surface area (Å²) in [5.74, 6) is 0.177. The second-order valence-electron chi connectivity index (χ2n) is 5.25. The maximum absolute atomic E-state index is 11.8. The summed E-state index contributed by atoms with van der Waals surface area (Å²) in [6, 6.07) is 5.29. The Morgan fingerprint density at radius 1 is 1.33 bits per heavy atom. The summed E-state index contributed by atoms with van der Waals surface area (Å²) in [6.45, 7) is 8.06. The number of esters is 1. The minimum atomic E-state index is -1.77. The second kappa shape index (κ2) is 5.54. The Labute approximate surface area is 109 Å². The van der Waals surface area contributed by atoms with Gasteiger partial charge in [0.25, 0.3) is 0 Å². The van der Waals surface area contributed by atoms with Gasteiger partial charge in [0.15, 0.2) is 0 Å². The van der Waals surface area contributed by atoms with Crippen molar-refractivity contribution in [2.75, 3.05) is 7.11 Å². The first-order valence-electron chi connectivity index (χ1n) is 5.91. The van der Waals surface area contributed by atoms with E-state index in [0.717, 1.165) is 5.56 Å². The zero-order chi connectivity index (χ0) is 13.9. The molecule has 1 rings (SSSR count). The fraction of sp³-hybridized carbons (Fsp3) is 0.462. The van der Waals surface area contributed by atoms with E-state index in [1.807, 2.05) is 13.0 Å². The minimum Gasteiger partial charge on any atom is -0.544 e. The molecule has 1 aromatic carbocycles. The Morgan fingerprint density at radius 2 is 1.94 bits per heavy atom. The molecule has 4 nitrogen and oxygen atoms in total. The molecule has 0 heterocycles. The van der Waals surface area contributed by atoms with Gasteiger partial charge in [-0.3, -0.25) is 0 Å². The first-order chi connectivity index (χ1) is 8.24. The number of ether oxygens (including phenoxy) is 1. The Balaban J connectivity index is 3.21. The van der Waals surface area contributed by atoms with E-state index in [4.69, 9.17) is 14.9 Å². The van der Waals surface area contributed by atoms with Crippen molar-refractivity contribution in [3.8, 4) is 5.75 Å². The average molecular weight is 267 g/mol. The molecule has 0 aliphatic heterocycles. The minimum absolute atomic E-state index is 0.130. The van der Waals surface area contributed by atoms with Gasteiger partial charge >= 0.3 is 5.97 Å². The van der Waals surface area contributed by atoms with Crippen molar-refractivity contribution in [2.24, 2.45) is 5.73 Å². The number of carbonyl (C=O) groups excluding carboxylic acids is 1. The highest BCUT2D eigenvalue weighted by Crippen LogP contribution is 2.26. The summed E-state index contributed by atoms with van der Waals surface area (Å²) >= 11 is 0. The maximum atomic E-state index is 11.8. The largest absolute Gasteiger partial charge is 0.544 e. The van der Waals surface area contributed by atoms with E-state index in [-0.39, 0.29) is 6.04 Å². The van der Waals surface area contributed by atoms with Crippen molar-refractivity contribution in [1.82, 2.24) is 0 Å². The monoisotopic (exact) mass is 267 g/mol. The lowest BCUT2D eigenvalue weighted by atomic mass is 10.1. The smallest absolute Gasteiger partial charge is 0.341 e. The lowest BCUT2D eigenvalue weighted by molar-refractivity contribution is 0.0598. The lowest BCUT2D eigenvalue weighted by Crippen LogP contribution is -2.30. The summed E-state index contributed by atoms with van der Waals surface area (Å²) in [6.07, 6.45) is 0. The van der Waals surface area contributed by atoms with Crippen LogP contribution in [0.15, 0.2) is 18.2 Å². The number of hydrogen-bond donors (Lipinski definition) is 1. The van der Waals surface area contributed by atoms with Crippen LogP contribution in [0, 0.1) is 0 Å². The van der Waals surface area contributed by atoms with Crippen LogP contribution in [0.1, 0.15) is 28.9 Å². The molecule has 0 aliphatic carbocycles. The van der Waals surface area contributed by atoms with Crippen LogP contribution < -0.4 is 10.2 Å². The number of nitrogens with two attached hydrogens (primary N) is 1. The average Bonchev–Trinajstić information content (AvgIpc) is 2.26. The fourth-order valence-corrected chi connectivity index (χ4v) is 2.36. The second-order valence-corrected chi connectivity index (χ2v) is 9.68. The quantitative estimate of drug-likeness (QED) is 0.673. The SMILES string of the molecule is COC(=O)c1cc(C(C)N)ccc1O[Si](C)(C)C. The van der Waals surface area contributed by atoms with E-state index in [1.165, 1.54) is 7.11 Å². The maximum Gasteiger partial charge on any atom is 0.341 e. The Bertz CT molecular complexity index is 438. The van der Waals surface area contributed by atoms with Gasteiger partial charge < -0.3 is 14.9 Å². The number of methoxy groups -OCH3 is 1. The van der Waals surface area contributed by atoms with E-state index >= 15 is 0 Å². The number of rotatable bonds is 4. The van der Waals surface area contributed by atoms with Crippen molar-refractivity contribution in [3.63, 3.8) is 0 Å². The highest BCUT2D eigenvalue weighted by Gasteiger charge is 2.21. The Morgan fingerprint density at radius 3 is 2.39 bits per heavy atom. The molecule has 0 aromatic heterocycles. The van der Waals surface area contributed by atoms with Gasteiger partial charge in [0.2, 0.25) is 8.32 Å². The van der Waals surface area contributed by atoms with Crippen LogP contribution in [0.2, 0.25) is 19.6 Å². The van der Waals surface area contributed by atoms with E-state index in [0.29, 0.717) is 11.3 Å². The first-order valence-corrected chi connectivity index (χ1v) is 9.32. The van der Waals surface area contributed by atoms with Gasteiger partial charge in [-0.1, -0.05) is 6.07 Å². The molecule has 0 bridgehead atoms. The van der Waals surface area contributed by atoms with Gasteiger partial charge in [-0.05, 0) is 44.3 Å². The molecular formula is C13H21NO3Si. The van der Waals surface area contributed by atoms with E-state index in [9.17, 15) is 4.79 Å². The molecule has 0 radical (unpaired) electrons. The molecular weight excluding hydrogens is 246 g/mol. The van der Waals surface area contributed by atoms with Gasteiger partial charge in [0.05, 0.1) is 7.11 Å². The number of carbonyl (C=O) groups is 1. The van der Waals surface area contributed by atoms with E-state index < -0.39 is 14.3 Å². The van der Waals surface area contributed by atoms with E-state index in [2.05, 4.69) is 19.6 Å². The molecule has 0 aliphatic rings. The van der Waals surface area contributed by atoms with Crippen LogP contribution in [0.5, 0.6) is 5.75 Å². The highest BCUT2D eigenvalue weighted by atomic mass is 28.4. The van der Waals surface area contributed by atoms with Crippen molar-refractivity contribution in [3.05, 3.63) is 29.3 Å². The van der Waals surface area contributed by atoms with Gasteiger partial charge in [-0.2, -0.15) is 0 Å². The van der Waals surface area contributed by atoms with Crippen LogP contribution in [0.25, 0.3) is 0 Å². The molecule has 1 aromatic rings. The predicted molar refractivity (Wildman–Crippen MR) is 74.4 cm³/mol. The molecule has 2 N–H and O–H groups in total. The normalized spacial score (nSPS) is 13.0. The summed E-state index contributed by atoms with van der Waals surface area (Å²) in [5, 5.41) is 0. The Hall–Kier alpha value is -1.33. The standard InChI is InChI=1S/C13H21NO3Si/c1-9(14)10-6-7-12(17-18(3,4)5)11(8-10)13(15)16-2/h6-9H,14H2,1-5H3. The number of benzene rings is 1. The van der Waals surface area contributed by atoms with Crippen molar-refractivity contribution >= 4 is 14.3 Å². The molecule has 0 amide bonds. The summed E-state index contributed by atoms with van der Waals surface area (Å²) in [5.41, 5.74) is 7.14. The summed E-state index contributed by atoms with van der Waals surface area (Å²) in [7, 11) is -0.411. The molecule has 0 fully saturated rings. The summed E-state index contributed by atoms with van der Waals surface area (Å²) in [4.78, 5) is 11.8. The van der Waals surface area contributed by atoms with Crippen LogP contribution in [-0.4, -0.2) is 21.4 Å². The molecule has 18 heavy (non-hydrogen) atoms. The van der Waals surface area contributed by atoms with E-state index in [1.54, 1.807) is 12.1 Å². The topological polar surface area (TPSA) is 61.5 Å². The third-order valence-corrected chi connectivity index (χ3v) is 3.18. The third kappa shape index (κ3) is 3.85. The van der Waals surface area contributed by atoms with Crippen LogP contribution in [0.4, 0.5) is 0 Å². The van der Waals surface area contributed by atoms with Crippen LogP contribution >= 0.6 is 0 Å². The molecule has 1 unspecified atom stereocenters. The molecule has 0 spiro atoms. The predicted octanol–water partition coefficient (Wildman–Crippen LogP) is 2.71. The molecule has 1 atom stereocenters. The van der Waals surface area contributed by atoms with Crippen molar-refractivity contribution in [2.45, 2.75) is 32.6 Å². The van der Waals surface area contributed by atoms with Gasteiger partial charge in [0, 0.05) is 6.04 Å². The van der Waals surface area contributed by atoms with Crippen LogP contribution in [-0.2, 0) is 4.74 Å². The number of hydrogen-bond acceptors (Lipinski definition) is 4. The molecule has 5 heteroatoms. The van der Waals surface area contributed by atoms with Gasteiger partial charge in [-0.25, -0.2) is 4.79 Å². The molecule has 0 saturated heterocycles. The summed E-state index contributed by atoms with van der Waals surface area (Å²) < 4.78 is 10.7. The highest BCUT2D eigenvalue weighted by molar-refractivity contribution is 6.70. The van der Waals surface area contributed by atoms with Gasteiger partial charge in [-0.15, -0.1) is 0 Å². The van der Waals surface area contributed by atoms with Gasteiger partial charge in [0.1, 0.15) is 11.3 Å². The molecule has 0 saturated carbocycles. The van der Waals surface area contributed by atoms with Crippen molar-refractivity contribution in [1.29, 1.82) is 0 Å². The first kappa shape index (κ1) is 14.7. The lowest BCUT2D eigenvalue weighted by Gasteiger charge is -2.21.